The summed E-state index contributed by atoms with van der Waals surface area (Å²) in [6.45, 7) is 2.35. The normalized spacial score (nSPS) is 27.9. The monoisotopic (exact) mass is 372 g/mol. The van der Waals surface area contributed by atoms with Crippen molar-refractivity contribution >= 4 is 26.0 Å². The molecule has 2 atom stereocenters. The minimum absolute atomic E-state index is 0.386. The first kappa shape index (κ1) is 15.5. The third kappa shape index (κ3) is 3.33. The number of nitrogens with one attached hydrogen (secondary N) is 1. The number of nitrogens with zero attached hydrogens (tertiary/aromatic N) is 1. The molecule has 0 radical (unpaired) electrons. The van der Waals surface area contributed by atoms with E-state index in [0.717, 1.165) is 23.9 Å². The third-order valence-electron chi connectivity index (χ3n) is 4.52. The summed E-state index contributed by atoms with van der Waals surface area (Å²) in [5.41, 5.74) is 0. The number of piperidine rings is 1. The van der Waals surface area contributed by atoms with Gasteiger partial charge in [-0.05, 0) is 56.3 Å². The number of rotatable bonds is 3. The Kier molecular flexibility index (Phi) is 4.69. The van der Waals surface area contributed by atoms with Gasteiger partial charge >= 0.3 is 0 Å². The molecule has 116 valence electrons. The maximum absolute atomic E-state index is 12.8. The van der Waals surface area contributed by atoms with Gasteiger partial charge in [0.2, 0.25) is 10.0 Å². The summed E-state index contributed by atoms with van der Waals surface area (Å²) < 4.78 is 28.0. The molecule has 2 aliphatic rings. The largest absolute Gasteiger partial charge is 0.314 e. The van der Waals surface area contributed by atoms with Crippen molar-refractivity contribution in [2.45, 2.75) is 36.6 Å². The Bertz CT molecular complexity index is 599. The van der Waals surface area contributed by atoms with Gasteiger partial charge < -0.3 is 5.32 Å². The molecule has 1 N–H and O–H groups in total. The molecule has 4 nitrogen and oxygen atoms in total. The Morgan fingerprint density at radius 3 is 2.81 bits per heavy atom. The second-order valence-corrected chi connectivity index (χ2v) is 8.78. The molecule has 2 heterocycles. The Labute approximate surface area is 135 Å². The molecule has 0 amide bonds. The number of benzene rings is 1. The van der Waals surface area contributed by atoms with Crippen molar-refractivity contribution < 1.29 is 8.42 Å². The van der Waals surface area contributed by atoms with Gasteiger partial charge in [0, 0.05) is 23.6 Å². The molecule has 0 bridgehead atoms. The van der Waals surface area contributed by atoms with Gasteiger partial charge in [-0.25, -0.2) is 8.42 Å². The summed E-state index contributed by atoms with van der Waals surface area (Å²) in [6.07, 6.45) is 4.47. The highest BCUT2D eigenvalue weighted by atomic mass is 79.9. The number of halogens is 1. The molecule has 0 saturated carbocycles. The summed E-state index contributed by atoms with van der Waals surface area (Å²) in [4.78, 5) is 0.386. The third-order valence-corrected chi connectivity index (χ3v) is 6.88. The van der Waals surface area contributed by atoms with Crippen LogP contribution in [0.15, 0.2) is 33.6 Å². The molecule has 21 heavy (non-hydrogen) atoms. The van der Waals surface area contributed by atoms with E-state index < -0.39 is 10.0 Å². The molecule has 2 aliphatic heterocycles. The zero-order valence-electron chi connectivity index (χ0n) is 12.0. The minimum atomic E-state index is -3.37. The molecular formula is C15H21BrN2O2S. The van der Waals surface area contributed by atoms with Crippen molar-refractivity contribution in [1.29, 1.82) is 0 Å². The van der Waals surface area contributed by atoms with E-state index in [9.17, 15) is 8.42 Å². The summed E-state index contributed by atoms with van der Waals surface area (Å²) in [6, 6.07) is 7.48. The first-order chi connectivity index (χ1) is 10.1. The molecule has 6 heteroatoms. The fourth-order valence-corrected chi connectivity index (χ4v) is 5.54. The Morgan fingerprint density at radius 2 is 2.10 bits per heavy atom. The molecule has 0 aromatic heterocycles. The van der Waals surface area contributed by atoms with Crippen LogP contribution < -0.4 is 5.32 Å². The lowest BCUT2D eigenvalue weighted by Gasteiger charge is -2.35. The highest BCUT2D eigenvalue weighted by molar-refractivity contribution is 9.10. The summed E-state index contributed by atoms with van der Waals surface area (Å²) in [5, 5.41) is 3.52. The summed E-state index contributed by atoms with van der Waals surface area (Å²) in [7, 11) is -3.37. The van der Waals surface area contributed by atoms with Gasteiger partial charge in [-0.2, -0.15) is 4.31 Å². The molecule has 0 aliphatic carbocycles. The number of hydrogen-bond donors (Lipinski definition) is 1. The topological polar surface area (TPSA) is 49.4 Å². The molecule has 1 aromatic carbocycles. The van der Waals surface area contributed by atoms with E-state index in [1.807, 2.05) is 6.07 Å². The number of hydrogen-bond acceptors (Lipinski definition) is 3. The second kappa shape index (κ2) is 6.36. The fourth-order valence-electron chi connectivity index (χ4n) is 3.41. The second-order valence-electron chi connectivity index (χ2n) is 5.93. The predicted octanol–water partition coefficient (Wildman–Crippen LogP) is 2.60. The first-order valence-corrected chi connectivity index (χ1v) is 9.80. The molecule has 0 spiro atoms. The van der Waals surface area contributed by atoms with Crippen LogP contribution in [0, 0.1) is 5.92 Å². The Hall–Kier alpha value is -0.430. The van der Waals surface area contributed by atoms with Crippen LogP contribution in [0.2, 0.25) is 0 Å². The van der Waals surface area contributed by atoms with Crippen LogP contribution in [-0.2, 0) is 10.0 Å². The van der Waals surface area contributed by atoms with Gasteiger partial charge in [0.1, 0.15) is 0 Å². The summed E-state index contributed by atoms with van der Waals surface area (Å²) >= 11 is 3.35. The van der Waals surface area contributed by atoms with Crippen LogP contribution in [0.4, 0.5) is 0 Å². The van der Waals surface area contributed by atoms with Crippen LogP contribution in [0.3, 0.4) is 0 Å². The minimum Gasteiger partial charge on any atom is -0.314 e. The van der Waals surface area contributed by atoms with E-state index in [0.29, 0.717) is 29.9 Å². The Morgan fingerprint density at radius 1 is 1.24 bits per heavy atom. The summed E-state index contributed by atoms with van der Waals surface area (Å²) in [5.74, 6) is 0.447. The Balaban J connectivity index is 1.78. The maximum atomic E-state index is 12.8. The van der Waals surface area contributed by atoms with Crippen molar-refractivity contribution in [3.63, 3.8) is 0 Å². The van der Waals surface area contributed by atoms with E-state index in [2.05, 4.69) is 21.2 Å². The maximum Gasteiger partial charge on any atom is 0.243 e. The van der Waals surface area contributed by atoms with Gasteiger partial charge in [0.25, 0.3) is 0 Å². The number of sulfonamides is 1. The molecule has 2 fully saturated rings. The lowest BCUT2D eigenvalue weighted by molar-refractivity contribution is 0.226. The quantitative estimate of drug-likeness (QED) is 0.886. The van der Waals surface area contributed by atoms with E-state index in [4.69, 9.17) is 0 Å². The van der Waals surface area contributed by atoms with E-state index in [1.54, 1.807) is 22.5 Å². The lowest BCUT2D eigenvalue weighted by atomic mass is 9.91. The van der Waals surface area contributed by atoms with Crippen molar-refractivity contribution in [1.82, 2.24) is 9.62 Å². The first-order valence-electron chi connectivity index (χ1n) is 7.56. The van der Waals surface area contributed by atoms with Crippen LogP contribution in [-0.4, -0.2) is 38.4 Å². The van der Waals surface area contributed by atoms with Crippen molar-refractivity contribution in [2.75, 3.05) is 19.6 Å². The van der Waals surface area contributed by atoms with Crippen LogP contribution in [0.1, 0.15) is 25.7 Å². The predicted molar refractivity (Wildman–Crippen MR) is 86.6 cm³/mol. The van der Waals surface area contributed by atoms with Crippen molar-refractivity contribution in [3.05, 3.63) is 28.7 Å². The van der Waals surface area contributed by atoms with E-state index in [-0.39, 0.29) is 0 Å². The van der Waals surface area contributed by atoms with E-state index >= 15 is 0 Å². The molecule has 2 saturated heterocycles. The molecule has 3 rings (SSSR count). The van der Waals surface area contributed by atoms with E-state index in [1.165, 1.54) is 12.8 Å². The molecule has 1 aromatic rings. The lowest BCUT2D eigenvalue weighted by Crippen LogP contribution is -2.45. The molecular weight excluding hydrogens is 352 g/mol. The highest BCUT2D eigenvalue weighted by Crippen LogP contribution is 2.29. The van der Waals surface area contributed by atoms with Gasteiger partial charge in [-0.3, -0.25) is 0 Å². The average Bonchev–Trinajstić information content (AvgIpc) is 3.02. The zero-order valence-corrected chi connectivity index (χ0v) is 14.4. The van der Waals surface area contributed by atoms with Crippen molar-refractivity contribution in [2.24, 2.45) is 5.92 Å². The average molecular weight is 373 g/mol. The smallest absolute Gasteiger partial charge is 0.243 e. The van der Waals surface area contributed by atoms with Crippen LogP contribution >= 0.6 is 15.9 Å². The fraction of sp³-hybridized carbons (Fsp3) is 0.600. The standard InChI is InChI=1S/C15H21BrN2O2S/c16-13-5-1-6-14(10-13)21(19,20)18-9-3-4-12(11-18)15-7-2-8-17-15/h1,5-6,10,12,15,17H,2-4,7-9,11H2. The highest BCUT2D eigenvalue weighted by Gasteiger charge is 2.34. The SMILES string of the molecule is O=S(=O)(c1cccc(Br)c1)N1CCCC(C2CCCN2)C1. The van der Waals surface area contributed by atoms with Gasteiger partial charge in [0.15, 0.2) is 0 Å². The molecule has 2 unspecified atom stereocenters. The van der Waals surface area contributed by atoms with Gasteiger partial charge in [-0.1, -0.05) is 22.0 Å². The van der Waals surface area contributed by atoms with Crippen LogP contribution in [0.5, 0.6) is 0 Å². The van der Waals surface area contributed by atoms with Gasteiger partial charge in [-0.15, -0.1) is 0 Å². The zero-order chi connectivity index (χ0) is 14.9. The van der Waals surface area contributed by atoms with Crippen LogP contribution in [0.25, 0.3) is 0 Å². The van der Waals surface area contributed by atoms with Gasteiger partial charge in [0.05, 0.1) is 4.90 Å². The van der Waals surface area contributed by atoms with Crippen molar-refractivity contribution in [3.8, 4) is 0 Å².